The van der Waals surface area contributed by atoms with Gasteiger partial charge in [-0.2, -0.15) is 0 Å². The molecule has 1 aromatic heterocycles. The molecule has 410 valence electrons. The van der Waals surface area contributed by atoms with E-state index < -0.39 is 83.5 Å². The summed E-state index contributed by atoms with van der Waals surface area (Å²) >= 11 is 0. The predicted octanol–water partition coefficient (Wildman–Crippen LogP) is 2.88. The number of aromatic nitrogens is 1. The van der Waals surface area contributed by atoms with E-state index in [0.29, 0.717) is 58.0 Å². The van der Waals surface area contributed by atoms with Crippen LogP contribution in [-0.4, -0.2) is 114 Å². The van der Waals surface area contributed by atoms with Crippen LogP contribution >= 0.6 is 0 Å². The molecule has 0 bridgehead atoms. The number of aromatic amines is 1. The van der Waals surface area contributed by atoms with Gasteiger partial charge in [0.25, 0.3) is 0 Å². The van der Waals surface area contributed by atoms with Gasteiger partial charge in [-0.25, -0.2) is 0 Å². The second kappa shape index (κ2) is 29.0. The van der Waals surface area contributed by atoms with E-state index in [9.17, 15) is 28.8 Å². The first-order chi connectivity index (χ1) is 36.7. The summed E-state index contributed by atoms with van der Waals surface area (Å²) in [5.41, 5.74) is 19.3. The van der Waals surface area contributed by atoms with E-state index in [2.05, 4.69) is 47.2 Å². The Morgan fingerprint density at radius 3 is 2.24 bits per heavy atom. The summed E-state index contributed by atoms with van der Waals surface area (Å²) in [7, 11) is 0. The van der Waals surface area contributed by atoms with E-state index >= 15 is 4.79 Å². The number of unbranched alkanes of at least 4 members (excludes halogenated alkanes) is 1. The van der Waals surface area contributed by atoms with Crippen LogP contribution in [0.2, 0.25) is 0 Å². The largest absolute Gasteiger partial charge is 0.494 e. The van der Waals surface area contributed by atoms with Gasteiger partial charge in [0.2, 0.25) is 41.4 Å². The van der Waals surface area contributed by atoms with Crippen LogP contribution in [0.4, 0.5) is 0 Å². The molecule has 2 aliphatic rings. The zero-order chi connectivity index (χ0) is 54.5. The van der Waals surface area contributed by atoms with Crippen LogP contribution in [0.3, 0.4) is 0 Å². The molecular weight excluding hydrogens is 969 g/mol. The average Bonchev–Trinajstić information content (AvgIpc) is 3.81. The van der Waals surface area contributed by atoms with Crippen molar-refractivity contribution in [2.24, 2.45) is 22.2 Å². The molecule has 1 spiro atoms. The minimum absolute atomic E-state index is 0.0450. The Morgan fingerprint density at radius 2 is 1.53 bits per heavy atom. The zero-order valence-corrected chi connectivity index (χ0v) is 43.9. The number of carbonyl (C=O) groups is 7. The number of nitrogens with two attached hydrogens (primary N) is 3. The molecule has 1 saturated carbocycles. The van der Waals surface area contributed by atoms with Gasteiger partial charge in [0.15, 0.2) is 5.96 Å². The van der Waals surface area contributed by atoms with Gasteiger partial charge in [-0.3, -0.25) is 38.6 Å². The van der Waals surface area contributed by atoms with Crippen molar-refractivity contribution in [1.29, 1.82) is 0 Å². The second-order valence-corrected chi connectivity index (χ2v) is 20.0. The van der Waals surface area contributed by atoms with Crippen molar-refractivity contribution in [2.45, 2.75) is 152 Å². The number of H-pyrrole nitrogens is 1. The molecule has 4 aromatic rings. The highest BCUT2D eigenvalue weighted by atomic mass is 16.5. The lowest BCUT2D eigenvalue weighted by Gasteiger charge is -2.42. The summed E-state index contributed by atoms with van der Waals surface area (Å²) in [5.74, 6) is -3.30. The third-order valence-corrected chi connectivity index (χ3v) is 14.3. The molecule has 76 heavy (non-hydrogen) atoms. The van der Waals surface area contributed by atoms with E-state index in [4.69, 9.17) is 21.9 Å². The number of guanidine groups is 1. The van der Waals surface area contributed by atoms with Crippen molar-refractivity contribution in [3.05, 3.63) is 102 Å². The number of benzene rings is 3. The molecule has 3 aromatic carbocycles. The maximum atomic E-state index is 15.5. The van der Waals surface area contributed by atoms with E-state index in [1.807, 2.05) is 92.7 Å². The summed E-state index contributed by atoms with van der Waals surface area (Å²) < 4.78 is 5.69. The number of amides is 7. The molecule has 20 heteroatoms. The van der Waals surface area contributed by atoms with Crippen molar-refractivity contribution in [1.82, 2.24) is 42.2 Å². The summed E-state index contributed by atoms with van der Waals surface area (Å²) in [4.78, 5) is 106. The molecule has 1 saturated heterocycles. The number of ether oxygens (including phenoxy) is 1. The normalized spacial score (nSPS) is 23.7. The summed E-state index contributed by atoms with van der Waals surface area (Å²) in [5, 5.41) is 22.0. The Balaban J connectivity index is 1.38. The fourth-order valence-corrected chi connectivity index (χ4v) is 10.1. The molecule has 5 atom stereocenters. The SMILES string of the molecule is CCCCC(=O)NC1CC(=O)NCCCCC(C(N)=O)NC(=O)C(Cc2c[nH]c3ccccc23)NC(=O)CNC(CCCN=C(N)N)C(Cc2ccccc2)NC(=O)C2(CCC(c3ccc(OCC)cc3)CC2)NC1=O. The fourth-order valence-electron chi connectivity index (χ4n) is 10.1. The lowest BCUT2D eigenvalue weighted by atomic mass is 9.73. The maximum absolute atomic E-state index is 15.5. The monoisotopic (exact) mass is 1050 g/mol. The Hall–Kier alpha value is -7.48. The summed E-state index contributed by atoms with van der Waals surface area (Å²) in [6.07, 6.45) is 6.32. The predicted molar refractivity (Wildman–Crippen MR) is 291 cm³/mol. The number of hydrogen-bond donors (Lipinski definition) is 11. The number of carbonyl (C=O) groups excluding carboxylic acids is 7. The molecule has 0 radical (unpaired) electrons. The Bertz CT molecular complexity index is 2590. The Labute approximate surface area is 445 Å². The number of fused-ring (bicyclic) bond motifs is 1. The molecule has 20 nitrogen and oxygen atoms in total. The second-order valence-electron chi connectivity index (χ2n) is 20.0. The highest BCUT2D eigenvalue weighted by molar-refractivity contribution is 5.97. The van der Waals surface area contributed by atoms with Crippen molar-refractivity contribution in [3.63, 3.8) is 0 Å². The van der Waals surface area contributed by atoms with E-state index in [0.717, 1.165) is 39.8 Å². The highest BCUT2D eigenvalue weighted by Gasteiger charge is 2.46. The quantitative estimate of drug-likeness (QED) is 0.0441. The van der Waals surface area contributed by atoms with Gasteiger partial charge < -0.3 is 64.1 Å². The maximum Gasteiger partial charge on any atom is 0.246 e. The summed E-state index contributed by atoms with van der Waals surface area (Å²) in [6, 6.07) is 20.1. The van der Waals surface area contributed by atoms with Crippen molar-refractivity contribution in [2.75, 3.05) is 26.2 Å². The fraction of sp³-hybridized carbons (Fsp3) is 0.500. The van der Waals surface area contributed by atoms with E-state index in [1.165, 1.54) is 0 Å². The molecule has 1 aliphatic carbocycles. The molecule has 14 N–H and O–H groups in total. The zero-order valence-electron chi connectivity index (χ0n) is 43.9. The van der Waals surface area contributed by atoms with Gasteiger partial charge in [0.05, 0.1) is 19.6 Å². The van der Waals surface area contributed by atoms with Gasteiger partial charge in [0.1, 0.15) is 29.4 Å². The lowest BCUT2D eigenvalue weighted by molar-refractivity contribution is -0.138. The topological polar surface area (TPSA) is 319 Å². The third-order valence-electron chi connectivity index (χ3n) is 14.3. The van der Waals surface area contributed by atoms with Crippen LogP contribution in [0, 0.1) is 0 Å². The average molecular weight is 1050 g/mol. The number of nitrogens with zero attached hydrogens (tertiary/aromatic N) is 1. The smallest absolute Gasteiger partial charge is 0.246 e. The number of primary amides is 1. The van der Waals surface area contributed by atoms with Crippen LogP contribution in [0.15, 0.2) is 90.1 Å². The Morgan fingerprint density at radius 1 is 0.789 bits per heavy atom. The molecule has 1 aliphatic heterocycles. The van der Waals surface area contributed by atoms with Gasteiger partial charge >= 0.3 is 0 Å². The molecule has 2 fully saturated rings. The molecule has 5 unspecified atom stereocenters. The van der Waals surface area contributed by atoms with E-state index in [-0.39, 0.29) is 63.6 Å². The van der Waals surface area contributed by atoms with Crippen LogP contribution in [0.1, 0.15) is 120 Å². The highest BCUT2D eigenvalue weighted by Crippen LogP contribution is 2.39. The molecule has 7 amide bonds. The molecule has 2 heterocycles. The first kappa shape index (κ1) is 57.8. The van der Waals surface area contributed by atoms with E-state index in [1.54, 1.807) is 6.20 Å². The van der Waals surface area contributed by atoms with Gasteiger partial charge in [-0.05, 0) is 118 Å². The number of hydrogen-bond acceptors (Lipinski definition) is 10. The van der Waals surface area contributed by atoms with Crippen LogP contribution < -0.4 is 59.2 Å². The lowest BCUT2D eigenvalue weighted by Crippen LogP contribution is -2.66. The number of para-hydroxylation sites is 1. The molecule has 6 rings (SSSR count). The number of nitrogens with one attached hydrogen (secondary N) is 8. The Kier molecular flexibility index (Phi) is 22.0. The van der Waals surface area contributed by atoms with Crippen molar-refractivity contribution < 1.29 is 38.3 Å². The first-order valence-corrected chi connectivity index (χ1v) is 26.8. The van der Waals surface area contributed by atoms with Gasteiger partial charge in [-0.15, -0.1) is 0 Å². The van der Waals surface area contributed by atoms with Crippen LogP contribution in [0.25, 0.3) is 10.9 Å². The van der Waals surface area contributed by atoms with Crippen molar-refractivity contribution >= 4 is 58.2 Å². The summed E-state index contributed by atoms with van der Waals surface area (Å²) in [6.45, 7) is 4.49. The van der Waals surface area contributed by atoms with Crippen molar-refractivity contribution in [3.8, 4) is 5.75 Å². The van der Waals surface area contributed by atoms with Crippen LogP contribution in [0.5, 0.6) is 5.75 Å². The third kappa shape index (κ3) is 17.3. The number of aliphatic imine (C=N–C) groups is 1. The van der Waals surface area contributed by atoms with Gasteiger partial charge in [-0.1, -0.05) is 74.0 Å². The standard InChI is InChI=1S/C56H78N12O8/c1-3-5-20-48(69)64-47-33-49(70)60-29-12-11-18-44(51(57)72)66-52(73)46(32-39-34-62-42-17-10-9-16-41(39)42)65-50(71)35-63-43(19-13-30-61-55(58)59)45(31-36-14-7-6-8-15-36)67-54(75)56(68-53(47)74)27-25-38(26-28-56)37-21-23-40(24-22-37)76-4-2/h6-10,14-17,21-24,34,38,43-47,62-63H,3-5,11-13,18-20,25-33,35H2,1-2H3,(H2,57,72)(H,60,70)(H,64,69)(H,65,71)(H,66,73)(H,67,75)(H,68,74)(H4,58,59,61). The minimum Gasteiger partial charge on any atom is -0.494 e. The number of rotatable bonds is 16. The van der Waals surface area contributed by atoms with Crippen LogP contribution in [-0.2, 0) is 46.4 Å². The molecular formula is C56H78N12O8. The first-order valence-electron chi connectivity index (χ1n) is 26.8. The van der Waals surface area contributed by atoms with Gasteiger partial charge in [0, 0.05) is 55.1 Å². The minimum atomic E-state index is -1.49.